The van der Waals surface area contributed by atoms with E-state index < -0.39 is 16.0 Å². The molecule has 0 atom stereocenters. The molecule has 3 rings (SSSR count). The molecule has 0 aliphatic carbocycles. The lowest BCUT2D eigenvalue weighted by Gasteiger charge is -2.18. The molecular formula is C23H27NO7S. The standard InChI is InChI=1S/C23H27NO7S/c1-15-11-16(2)23(17(3)12-15)19(25)14-31-22(26)5-4-8-24-32(27,28)18-6-7-20-21(13-18)30-10-9-29-20/h6-7,11-13,24H,4-5,8-10,14H2,1-3H3. The van der Waals surface area contributed by atoms with Crippen molar-refractivity contribution in [3.05, 3.63) is 52.6 Å². The summed E-state index contributed by atoms with van der Waals surface area (Å²) in [6.07, 6.45) is 0.224. The smallest absolute Gasteiger partial charge is 0.306 e. The molecule has 2 aromatic carbocycles. The highest BCUT2D eigenvalue weighted by Gasteiger charge is 2.19. The maximum atomic E-state index is 12.5. The molecule has 0 radical (unpaired) electrons. The molecule has 32 heavy (non-hydrogen) atoms. The summed E-state index contributed by atoms with van der Waals surface area (Å²) in [5, 5.41) is 0. The number of hydrogen-bond donors (Lipinski definition) is 1. The topological polar surface area (TPSA) is 108 Å². The average molecular weight is 462 g/mol. The summed E-state index contributed by atoms with van der Waals surface area (Å²) in [5.41, 5.74) is 3.32. The van der Waals surface area contributed by atoms with Crippen LogP contribution in [0.4, 0.5) is 0 Å². The van der Waals surface area contributed by atoms with Crippen LogP contribution in [0.15, 0.2) is 35.2 Å². The quantitative estimate of drug-likeness (QED) is 0.347. The molecule has 0 amide bonds. The van der Waals surface area contributed by atoms with Gasteiger partial charge in [-0.25, -0.2) is 13.1 Å². The Hall–Kier alpha value is -2.91. The maximum absolute atomic E-state index is 12.5. The first-order valence-corrected chi connectivity index (χ1v) is 11.8. The van der Waals surface area contributed by atoms with Crippen molar-refractivity contribution in [2.45, 2.75) is 38.5 Å². The number of hydrogen-bond acceptors (Lipinski definition) is 7. The molecule has 172 valence electrons. The highest BCUT2D eigenvalue weighted by atomic mass is 32.2. The number of fused-ring (bicyclic) bond motifs is 1. The number of Topliss-reactive ketones (excluding diaryl/α,β-unsaturated/α-hetero) is 1. The first-order chi connectivity index (χ1) is 15.2. The van der Waals surface area contributed by atoms with E-state index >= 15 is 0 Å². The second-order valence-electron chi connectivity index (χ2n) is 7.66. The van der Waals surface area contributed by atoms with E-state index in [1.807, 2.05) is 32.9 Å². The van der Waals surface area contributed by atoms with E-state index in [-0.39, 0.29) is 36.7 Å². The van der Waals surface area contributed by atoms with E-state index in [4.69, 9.17) is 14.2 Å². The van der Waals surface area contributed by atoms with Crippen molar-refractivity contribution in [2.24, 2.45) is 0 Å². The summed E-state index contributed by atoms with van der Waals surface area (Å²) in [7, 11) is -3.76. The monoisotopic (exact) mass is 461 g/mol. The number of ether oxygens (including phenoxy) is 3. The fourth-order valence-corrected chi connectivity index (χ4v) is 4.71. The number of esters is 1. The van der Waals surface area contributed by atoms with Gasteiger partial charge in [-0.2, -0.15) is 0 Å². The van der Waals surface area contributed by atoms with Crippen molar-refractivity contribution in [1.29, 1.82) is 0 Å². The molecule has 9 heteroatoms. The summed E-state index contributed by atoms with van der Waals surface area (Å²) in [5.74, 6) is 0.0712. The van der Waals surface area contributed by atoms with Gasteiger partial charge in [0.2, 0.25) is 15.8 Å². The molecule has 0 saturated carbocycles. The van der Waals surface area contributed by atoms with Crippen LogP contribution in [0, 0.1) is 20.8 Å². The van der Waals surface area contributed by atoms with Crippen LogP contribution in [-0.2, 0) is 19.6 Å². The summed E-state index contributed by atoms with van der Waals surface area (Å²) in [4.78, 5) is 24.5. The van der Waals surface area contributed by atoms with E-state index in [1.54, 1.807) is 6.07 Å². The third-order valence-electron chi connectivity index (χ3n) is 4.99. The number of rotatable bonds is 9. The van der Waals surface area contributed by atoms with E-state index in [9.17, 15) is 18.0 Å². The molecule has 2 aromatic rings. The number of sulfonamides is 1. The van der Waals surface area contributed by atoms with E-state index in [1.165, 1.54) is 12.1 Å². The molecule has 8 nitrogen and oxygen atoms in total. The van der Waals surface area contributed by atoms with Gasteiger partial charge >= 0.3 is 5.97 Å². The van der Waals surface area contributed by atoms with Crippen molar-refractivity contribution in [3.8, 4) is 11.5 Å². The second kappa shape index (κ2) is 10.1. The zero-order valence-corrected chi connectivity index (χ0v) is 19.2. The van der Waals surface area contributed by atoms with Crippen molar-refractivity contribution in [1.82, 2.24) is 4.72 Å². The van der Waals surface area contributed by atoms with Crippen LogP contribution in [-0.4, -0.2) is 46.5 Å². The van der Waals surface area contributed by atoms with Gasteiger partial charge in [-0.05, 0) is 50.5 Å². The number of benzene rings is 2. The average Bonchev–Trinajstić information content (AvgIpc) is 2.74. The van der Waals surface area contributed by atoms with E-state index in [0.717, 1.165) is 16.7 Å². The van der Waals surface area contributed by atoms with Crippen LogP contribution in [0.25, 0.3) is 0 Å². The molecule has 0 saturated heterocycles. The largest absolute Gasteiger partial charge is 0.486 e. The van der Waals surface area contributed by atoms with Gasteiger partial charge in [-0.3, -0.25) is 9.59 Å². The van der Waals surface area contributed by atoms with Gasteiger partial charge in [0.25, 0.3) is 0 Å². The number of ketones is 1. The summed E-state index contributed by atoms with van der Waals surface area (Å²) in [6.45, 7) is 6.14. The van der Waals surface area contributed by atoms with Gasteiger partial charge in [-0.1, -0.05) is 17.7 Å². The van der Waals surface area contributed by atoms with Crippen LogP contribution >= 0.6 is 0 Å². The zero-order chi connectivity index (χ0) is 23.3. The fraction of sp³-hybridized carbons (Fsp3) is 0.391. The molecule has 0 unspecified atom stereocenters. The first kappa shape index (κ1) is 23.7. The SMILES string of the molecule is Cc1cc(C)c(C(=O)COC(=O)CCCNS(=O)(=O)c2ccc3c(c2)OCCO3)c(C)c1. The lowest BCUT2D eigenvalue weighted by molar-refractivity contribution is -0.142. The molecule has 0 spiro atoms. The number of aryl methyl sites for hydroxylation is 3. The fourth-order valence-electron chi connectivity index (χ4n) is 3.62. The normalized spacial score (nSPS) is 13.0. The molecule has 0 fully saturated rings. The highest BCUT2D eigenvalue weighted by Crippen LogP contribution is 2.32. The summed E-state index contributed by atoms with van der Waals surface area (Å²) in [6, 6.07) is 8.22. The van der Waals surface area contributed by atoms with Crippen molar-refractivity contribution < 1.29 is 32.2 Å². The Morgan fingerprint density at radius 3 is 2.34 bits per heavy atom. The third kappa shape index (κ3) is 5.86. The Kier molecular flexibility index (Phi) is 7.52. The Morgan fingerprint density at radius 2 is 1.66 bits per heavy atom. The minimum absolute atomic E-state index is 0.0111. The van der Waals surface area contributed by atoms with Gasteiger partial charge in [0.05, 0.1) is 4.90 Å². The highest BCUT2D eigenvalue weighted by molar-refractivity contribution is 7.89. The van der Waals surface area contributed by atoms with Crippen molar-refractivity contribution in [2.75, 3.05) is 26.4 Å². The molecule has 1 aliphatic rings. The van der Waals surface area contributed by atoms with Gasteiger partial charge in [-0.15, -0.1) is 0 Å². The molecule has 0 bridgehead atoms. The van der Waals surface area contributed by atoms with Crippen molar-refractivity contribution in [3.63, 3.8) is 0 Å². The summed E-state index contributed by atoms with van der Waals surface area (Å²) >= 11 is 0. The lowest BCUT2D eigenvalue weighted by atomic mass is 9.97. The van der Waals surface area contributed by atoms with E-state index in [0.29, 0.717) is 30.3 Å². The minimum Gasteiger partial charge on any atom is -0.486 e. The van der Waals surface area contributed by atoms with Crippen LogP contribution in [0.1, 0.15) is 39.9 Å². The van der Waals surface area contributed by atoms with Gasteiger partial charge in [0, 0.05) is 24.6 Å². The second-order valence-corrected chi connectivity index (χ2v) is 9.43. The van der Waals surface area contributed by atoms with Gasteiger partial charge in [0.15, 0.2) is 18.1 Å². The Labute approximate surface area is 187 Å². The Bertz CT molecular complexity index is 1100. The molecule has 1 N–H and O–H groups in total. The van der Waals surface area contributed by atoms with Crippen molar-refractivity contribution >= 4 is 21.8 Å². The van der Waals surface area contributed by atoms with Crippen LogP contribution in [0.5, 0.6) is 11.5 Å². The third-order valence-corrected chi connectivity index (χ3v) is 6.45. The maximum Gasteiger partial charge on any atom is 0.306 e. The van der Waals surface area contributed by atoms with Gasteiger partial charge < -0.3 is 14.2 Å². The van der Waals surface area contributed by atoms with Crippen LogP contribution in [0.2, 0.25) is 0 Å². The van der Waals surface area contributed by atoms with Crippen LogP contribution in [0.3, 0.4) is 0 Å². The molecule has 0 aromatic heterocycles. The Balaban J connectivity index is 1.44. The number of nitrogens with one attached hydrogen (secondary N) is 1. The zero-order valence-electron chi connectivity index (χ0n) is 18.4. The van der Waals surface area contributed by atoms with Crippen LogP contribution < -0.4 is 14.2 Å². The predicted molar refractivity (Wildman–Crippen MR) is 118 cm³/mol. The van der Waals surface area contributed by atoms with E-state index in [2.05, 4.69) is 4.72 Å². The lowest BCUT2D eigenvalue weighted by Crippen LogP contribution is -2.26. The number of carbonyl (C=O) groups excluding carboxylic acids is 2. The summed E-state index contributed by atoms with van der Waals surface area (Å²) < 4.78 is 43.2. The molecular weight excluding hydrogens is 434 g/mol. The predicted octanol–water partition coefficient (Wildman–Crippen LogP) is 2.87. The number of carbonyl (C=O) groups is 2. The van der Waals surface area contributed by atoms with Gasteiger partial charge in [0.1, 0.15) is 13.2 Å². The molecule has 1 heterocycles. The first-order valence-electron chi connectivity index (χ1n) is 10.3. The molecule has 1 aliphatic heterocycles. The Morgan fingerprint density at radius 1 is 1.00 bits per heavy atom. The minimum atomic E-state index is -3.76.